The Bertz CT molecular complexity index is 450. The van der Waals surface area contributed by atoms with Crippen molar-refractivity contribution in [2.24, 2.45) is 0 Å². The van der Waals surface area contributed by atoms with Crippen molar-refractivity contribution in [2.75, 3.05) is 11.9 Å². The van der Waals surface area contributed by atoms with Gasteiger partial charge in [-0.25, -0.2) is 0 Å². The molecule has 1 aliphatic carbocycles. The van der Waals surface area contributed by atoms with Crippen LogP contribution in [0.4, 0.5) is 5.69 Å². The highest BCUT2D eigenvalue weighted by atomic mass is 16.4. The molecule has 0 radical (unpaired) electrons. The van der Waals surface area contributed by atoms with Gasteiger partial charge in [0.1, 0.15) is 6.54 Å². The molecule has 5 nitrogen and oxygen atoms in total. The van der Waals surface area contributed by atoms with Gasteiger partial charge >= 0.3 is 5.97 Å². The van der Waals surface area contributed by atoms with Gasteiger partial charge < -0.3 is 15.7 Å². The molecule has 1 fully saturated rings. The van der Waals surface area contributed by atoms with E-state index in [4.69, 9.17) is 5.11 Å². The van der Waals surface area contributed by atoms with Crippen molar-refractivity contribution in [3.63, 3.8) is 0 Å². The number of hydrogen-bond donors (Lipinski definition) is 3. The van der Waals surface area contributed by atoms with Crippen molar-refractivity contribution in [3.05, 3.63) is 29.8 Å². The van der Waals surface area contributed by atoms with Crippen molar-refractivity contribution in [3.8, 4) is 0 Å². The van der Waals surface area contributed by atoms with Gasteiger partial charge in [-0.2, -0.15) is 0 Å². The first-order valence-electron chi connectivity index (χ1n) is 6.52. The molecule has 0 atom stereocenters. The van der Waals surface area contributed by atoms with Crippen LogP contribution in [-0.2, 0) is 4.79 Å². The summed E-state index contributed by atoms with van der Waals surface area (Å²) in [5.74, 6) is -1.41. The molecule has 0 bridgehead atoms. The molecular weight excluding hydrogens is 244 g/mol. The molecule has 1 saturated carbocycles. The van der Waals surface area contributed by atoms with E-state index in [0.717, 1.165) is 5.69 Å². The first kappa shape index (κ1) is 13.4. The molecule has 0 unspecified atom stereocenters. The fourth-order valence-electron chi connectivity index (χ4n) is 2.28. The molecule has 0 heterocycles. The lowest BCUT2D eigenvalue weighted by Crippen LogP contribution is -2.29. The molecule has 0 aliphatic heterocycles. The highest BCUT2D eigenvalue weighted by Crippen LogP contribution is 2.22. The van der Waals surface area contributed by atoms with Gasteiger partial charge in [0.25, 0.3) is 5.91 Å². The van der Waals surface area contributed by atoms with Crippen LogP contribution in [0.5, 0.6) is 0 Å². The SMILES string of the molecule is O=C(O)CNC(=O)c1ccc(NC2CCCC2)cc1. The van der Waals surface area contributed by atoms with Gasteiger partial charge in [0.05, 0.1) is 0 Å². The van der Waals surface area contributed by atoms with E-state index in [0.29, 0.717) is 11.6 Å². The number of carboxylic acid groups (broad SMARTS) is 1. The first-order valence-corrected chi connectivity index (χ1v) is 6.52. The number of carbonyl (C=O) groups is 2. The van der Waals surface area contributed by atoms with E-state index in [-0.39, 0.29) is 12.5 Å². The van der Waals surface area contributed by atoms with Crippen LogP contribution in [0.2, 0.25) is 0 Å². The lowest BCUT2D eigenvalue weighted by atomic mass is 10.1. The second-order valence-corrected chi connectivity index (χ2v) is 4.78. The summed E-state index contributed by atoms with van der Waals surface area (Å²) in [7, 11) is 0. The van der Waals surface area contributed by atoms with Crippen LogP contribution < -0.4 is 10.6 Å². The lowest BCUT2D eigenvalue weighted by molar-refractivity contribution is -0.135. The van der Waals surface area contributed by atoms with E-state index in [1.807, 2.05) is 12.1 Å². The molecular formula is C14H18N2O3. The third-order valence-electron chi connectivity index (χ3n) is 3.27. The van der Waals surface area contributed by atoms with Crippen LogP contribution in [0, 0.1) is 0 Å². The van der Waals surface area contributed by atoms with E-state index in [9.17, 15) is 9.59 Å². The predicted molar refractivity (Wildman–Crippen MR) is 72.3 cm³/mol. The van der Waals surface area contributed by atoms with Crippen LogP contribution in [-0.4, -0.2) is 29.6 Å². The molecule has 0 spiro atoms. The van der Waals surface area contributed by atoms with E-state index in [1.165, 1.54) is 25.7 Å². The van der Waals surface area contributed by atoms with Crippen LogP contribution in [0.15, 0.2) is 24.3 Å². The van der Waals surface area contributed by atoms with Crippen molar-refractivity contribution in [1.82, 2.24) is 5.32 Å². The summed E-state index contributed by atoms with van der Waals surface area (Å²) in [6.45, 7) is -0.360. The Morgan fingerprint density at radius 1 is 1.16 bits per heavy atom. The molecule has 1 aromatic carbocycles. The molecule has 1 aromatic rings. The number of amides is 1. The van der Waals surface area contributed by atoms with Crippen molar-refractivity contribution in [1.29, 1.82) is 0 Å². The molecule has 2 rings (SSSR count). The van der Waals surface area contributed by atoms with Gasteiger partial charge in [-0.1, -0.05) is 12.8 Å². The first-order chi connectivity index (χ1) is 9.15. The van der Waals surface area contributed by atoms with E-state index in [1.54, 1.807) is 12.1 Å². The zero-order valence-corrected chi connectivity index (χ0v) is 10.7. The van der Waals surface area contributed by atoms with Crippen molar-refractivity contribution < 1.29 is 14.7 Å². The maximum atomic E-state index is 11.6. The minimum absolute atomic E-state index is 0.360. The third kappa shape index (κ3) is 3.98. The average molecular weight is 262 g/mol. The summed E-state index contributed by atoms with van der Waals surface area (Å²) in [5, 5.41) is 14.3. The number of carboxylic acids is 1. The summed E-state index contributed by atoms with van der Waals surface area (Å²) in [5.41, 5.74) is 1.47. The normalized spacial score (nSPS) is 15.2. The molecule has 1 amide bonds. The largest absolute Gasteiger partial charge is 0.480 e. The highest BCUT2D eigenvalue weighted by molar-refractivity contribution is 5.96. The van der Waals surface area contributed by atoms with Crippen molar-refractivity contribution >= 4 is 17.6 Å². The monoisotopic (exact) mass is 262 g/mol. The van der Waals surface area contributed by atoms with Gasteiger partial charge in [0.2, 0.25) is 0 Å². The number of carbonyl (C=O) groups excluding carboxylic acids is 1. The molecule has 102 valence electrons. The predicted octanol–water partition coefficient (Wildman–Crippen LogP) is 1.86. The molecule has 3 N–H and O–H groups in total. The molecule has 5 heteroatoms. The minimum Gasteiger partial charge on any atom is -0.480 e. The van der Waals surface area contributed by atoms with Gasteiger partial charge in [0, 0.05) is 17.3 Å². The molecule has 0 aromatic heterocycles. The lowest BCUT2D eigenvalue weighted by Gasteiger charge is -2.13. The third-order valence-corrected chi connectivity index (χ3v) is 3.27. The highest BCUT2D eigenvalue weighted by Gasteiger charge is 2.14. The topological polar surface area (TPSA) is 78.4 Å². The van der Waals surface area contributed by atoms with Crippen LogP contribution >= 0.6 is 0 Å². The zero-order chi connectivity index (χ0) is 13.7. The van der Waals surface area contributed by atoms with Gasteiger partial charge in [-0.3, -0.25) is 9.59 Å². The Kier molecular flexibility index (Phi) is 4.39. The van der Waals surface area contributed by atoms with Crippen molar-refractivity contribution in [2.45, 2.75) is 31.7 Å². The Morgan fingerprint density at radius 2 is 1.79 bits per heavy atom. The quantitative estimate of drug-likeness (QED) is 0.756. The molecule has 1 aliphatic rings. The number of benzene rings is 1. The van der Waals surface area contributed by atoms with Gasteiger partial charge in [-0.15, -0.1) is 0 Å². The fourth-order valence-corrected chi connectivity index (χ4v) is 2.28. The maximum absolute atomic E-state index is 11.6. The fraction of sp³-hybridized carbons (Fsp3) is 0.429. The molecule has 0 saturated heterocycles. The smallest absolute Gasteiger partial charge is 0.322 e. The average Bonchev–Trinajstić information content (AvgIpc) is 2.89. The van der Waals surface area contributed by atoms with Gasteiger partial charge in [0.15, 0.2) is 0 Å². The van der Waals surface area contributed by atoms with Crippen LogP contribution in [0.25, 0.3) is 0 Å². The van der Waals surface area contributed by atoms with Crippen LogP contribution in [0.3, 0.4) is 0 Å². The number of nitrogens with one attached hydrogen (secondary N) is 2. The Hall–Kier alpha value is -2.04. The molecule has 19 heavy (non-hydrogen) atoms. The zero-order valence-electron chi connectivity index (χ0n) is 10.7. The minimum atomic E-state index is -1.05. The summed E-state index contributed by atoms with van der Waals surface area (Å²) in [6.07, 6.45) is 4.93. The number of anilines is 1. The number of aliphatic carboxylic acids is 1. The Labute approximate surface area is 112 Å². The van der Waals surface area contributed by atoms with E-state index in [2.05, 4.69) is 10.6 Å². The van der Waals surface area contributed by atoms with E-state index < -0.39 is 5.97 Å². The summed E-state index contributed by atoms with van der Waals surface area (Å²) < 4.78 is 0. The Balaban J connectivity index is 1.89. The second-order valence-electron chi connectivity index (χ2n) is 4.78. The summed E-state index contributed by atoms with van der Waals surface area (Å²) in [6, 6.07) is 7.65. The van der Waals surface area contributed by atoms with E-state index >= 15 is 0 Å². The number of rotatable bonds is 5. The number of hydrogen-bond acceptors (Lipinski definition) is 3. The maximum Gasteiger partial charge on any atom is 0.322 e. The standard InChI is InChI=1S/C14H18N2O3/c17-13(18)9-15-14(19)10-5-7-12(8-6-10)16-11-3-1-2-4-11/h5-8,11,16H,1-4,9H2,(H,15,19)(H,17,18). The Morgan fingerprint density at radius 3 is 2.37 bits per heavy atom. The summed E-state index contributed by atoms with van der Waals surface area (Å²) in [4.78, 5) is 22.0. The second kappa shape index (κ2) is 6.22. The summed E-state index contributed by atoms with van der Waals surface area (Å²) >= 11 is 0. The van der Waals surface area contributed by atoms with Gasteiger partial charge in [-0.05, 0) is 37.1 Å². The van der Waals surface area contributed by atoms with Crippen LogP contribution in [0.1, 0.15) is 36.0 Å².